The average molecular weight is 389 g/mol. The fraction of sp³-hybridized carbons (Fsp3) is 0.905. The van der Waals surface area contributed by atoms with E-state index in [1.807, 2.05) is 0 Å². The Morgan fingerprint density at radius 3 is 1.56 bits per heavy atom. The lowest BCUT2D eigenvalue weighted by Crippen LogP contribution is -2.29. The maximum atomic E-state index is 12.2. The predicted octanol–water partition coefficient (Wildman–Crippen LogP) is 4.46. The molecular weight excluding hydrogens is 348 g/mol. The second-order valence-electron chi connectivity index (χ2n) is 7.31. The van der Waals surface area contributed by atoms with Crippen molar-refractivity contribution in [1.29, 1.82) is 0 Å². The molecule has 0 aromatic heterocycles. The Hall–Kier alpha value is -1.14. The van der Waals surface area contributed by atoms with Crippen molar-refractivity contribution in [2.75, 3.05) is 6.61 Å². The molecule has 0 saturated heterocycles. The number of aliphatic hydroxyl groups is 2. The van der Waals surface area contributed by atoms with Crippen molar-refractivity contribution in [3.63, 3.8) is 0 Å². The van der Waals surface area contributed by atoms with Crippen LogP contribution in [0.25, 0.3) is 0 Å². The van der Waals surface area contributed by atoms with E-state index in [0.717, 1.165) is 38.5 Å². The quantitative estimate of drug-likeness (QED) is 0.217. The summed E-state index contributed by atoms with van der Waals surface area (Å²) in [5.41, 5.74) is 0. The molecule has 0 fully saturated rings. The minimum absolute atomic E-state index is 0.290. The summed E-state index contributed by atoms with van der Waals surface area (Å²) in [6.07, 6.45) is 13.5. The van der Waals surface area contributed by atoms with E-state index >= 15 is 0 Å². The molecule has 6 heteroatoms. The Labute approximate surface area is 164 Å². The molecule has 0 radical (unpaired) electrons. The van der Waals surface area contributed by atoms with Crippen LogP contribution in [0.2, 0.25) is 0 Å². The van der Waals surface area contributed by atoms with Crippen molar-refractivity contribution in [3.05, 3.63) is 0 Å². The van der Waals surface area contributed by atoms with Crippen LogP contribution in [0.5, 0.6) is 0 Å². The van der Waals surface area contributed by atoms with Gasteiger partial charge in [0.1, 0.15) is 0 Å². The Morgan fingerprint density at radius 2 is 1.11 bits per heavy atom. The summed E-state index contributed by atoms with van der Waals surface area (Å²) in [5, 5.41) is 17.8. The zero-order valence-corrected chi connectivity index (χ0v) is 17.3. The van der Waals surface area contributed by atoms with Crippen LogP contribution in [0.1, 0.15) is 104 Å². The lowest BCUT2D eigenvalue weighted by molar-refractivity contribution is -0.268. The Morgan fingerprint density at radius 1 is 0.704 bits per heavy atom. The number of hydrogen-bond donors (Lipinski definition) is 2. The zero-order chi connectivity index (χ0) is 20.3. The van der Waals surface area contributed by atoms with Gasteiger partial charge in [0.25, 0.3) is 0 Å². The molecular formula is C21H40O6. The normalized spacial score (nSPS) is 12.2. The van der Waals surface area contributed by atoms with Crippen molar-refractivity contribution in [2.24, 2.45) is 5.92 Å². The highest BCUT2D eigenvalue weighted by atomic mass is 17.2. The summed E-state index contributed by atoms with van der Waals surface area (Å²) in [4.78, 5) is 32.5. The van der Waals surface area contributed by atoms with Gasteiger partial charge in [0.15, 0.2) is 6.10 Å². The van der Waals surface area contributed by atoms with Crippen LogP contribution in [0, 0.1) is 5.92 Å². The van der Waals surface area contributed by atoms with Crippen LogP contribution in [-0.4, -0.2) is 34.9 Å². The minimum atomic E-state index is -1.69. The molecule has 6 nitrogen and oxygen atoms in total. The first-order valence-electron chi connectivity index (χ1n) is 10.8. The molecule has 0 aliphatic heterocycles. The molecule has 0 bridgehead atoms. The molecule has 0 aromatic carbocycles. The third kappa shape index (κ3) is 14.6. The SMILES string of the molecule is CCCCCCCCC(CCCCCCCC)C(=O)OOC(=O)C(O)CO. The molecule has 160 valence electrons. The summed E-state index contributed by atoms with van der Waals surface area (Å²) >= 11 is 0. The van der Waals surface area contributed by atoms with Crippen LogP contribution in [-0.2, 0) is 19.4 Å². The fourth-order valence-electron chi connectivity index (χ4n) is 3.00. The second-order valence-corrected chi connectivity index (χ2v) is 7.31. The predicted molar refractivity (Wildman–Crippen MR) is 105 cm³/mol. The minimum Gasteiger partial charge on any atom is -0.393 e. The van der Waals surface area contributed by atoms with Gasteiger partial charge in [-0.3, -0.25) is 0 Å². The van der Waals surface area contributed by atoms with Crippen LogP contribution < -0.4 is 0 Å². The smallest absolute Gasteiger partial charge is 0.386 e. The third-order valence-electron chi connectivity index (χ3n) is 4.80. The second kappa shape index (κ2) is 18.2. The van der Waals surface area contributed by atoms with Gasteiger partial charge in [-0.2, -0.15) is 0 Å². The molecule has 0 spiro atoms. The van der Waals surface area contributed by atoms with Gasteiger partial charge >= 0.3 is 11.9 Å². The van der Waals surface area contributed by atoms with Crippen molar-refractivity contribution in [1.82, 2.24) is 0 Å². The van der Waals surface area contributed by atoms with Gasteiger partial charge in [0, 0.05) is 0 Å². The van der Waals surface area contributed by atoms with E-state index in [1.165, 1.54) is 51.4 Å². The first-order valence-corrected chi connectivity index (χ1v) is 10.8. The Kier molecular flexibility index (Phi) is 17.5. The number of rotatable bonds is 17. The third-order valence-corrected chi connectivity index (χ3v) is 4.80. The molecule has 0 aromatic rings. The highest BCUT2D eigenvalue weighted by molar-refractivity contribution is 5.76. The van der Waals surface area contributed by atoms with Crippen LogP contribution in [0.15, 0.2) is 0 Å². The summed E-state index contributed by atoms with van der Waals surface area (Å²) in [6, 6.07) is 0. The van der Waals surface area contributed by atoms with Crippen molar-refractivity contribution < 1.29 is 29.6 Å². The Balaban J connectivity index is 4.26. The molecule has 0 heterocycles. The van der Waals surface area contributed by atoms with Crippen LogP contribution in [0.3, 0.4) is 0 Å². The topological polar surface area (TPSA) is 93.1 Å². The lowest BCUT2D eigenvalue weighted by atomic mass is 9.94. The van der Waals surface area contributed by atoms with Crippen LogP contribution >= 0.6 is 0 Å². The molecule has 0 aliphatic rings. The highest BCUT2D eigenvalue weighted by Crippen LogP contribution is 2.21. The van der Waals surface area contributed by atoms with E-state index in [1.54, 1.807) is 0 Å². The molecule has 1 atom stereocenters. The zero-order valence-electron chi connectivity index (χ0n) is 17.3. The van der Waals surface area contributed by atoms with Gasteiger partial charge in [0.05, 0.1) is 12.5 Å². The highest BCUT2D eigenvalue weighted by Gasteiger charge is 2.24. The molecule has 1 unspecified atom stereocenters. The molecule has 27 heavy (non-hydrogen) atoms. The molecule has 0 rings (SSSR count). The van der Waals surface area contributed by atoms with E-state index in [4.69, 9.17) is 10.2 Å². The molecule has 0 saturated carbocycles. The van der Waals surface area contributed by atoms with Crippen LogP contribution in [0.4, 0.5) is 0 Å². The summed E-state index contributed by atoms with van der Waals surface area (Å²) in [7, 11) is 0. The van der Waals surface area contributed by atoms with Gasteiger partial charge in [0.2, 0.25) is 0 Å². The standard InChI is InChI=1S/C21H40O6/c1-3-5-7-9-11-13-15-18(16-14-12-10-8-6-4-2)20(24)26-27-21(25)19(23)17-22/h18-19,22-23H,3-17H2,1-2H3. The molecule has 2 N–H and O–H groups in total. The fourth-order valence-corrected chi connectivity index (χ4v) is 3.00. The molecule has 0 amide bonds. The van der Waals surface area contributed by atoms with E-state index < -0.39 is 24.6 Å². The van der Waals surface area contributed by atoms with Gasteiger partial charge in [-0.25, -0.2) is 19.4 Å². The number of carbonyl (C=O) groups excluding carboxylic acids is 2. The van der Waals surface area contributed by atoms with Crippen molar-refractivity contribution >= 4 is 11.9 Å². The Bertz CT molecular complexity index is 356. The summed E-state index contributed by atoms with van der Waals surface area (Å²) < 4.78 is 0. The number of hydrogen-bond acceptors (Lipinski definition) is 6. The number of unbranched alkanes of at least 4 members (excludes halogenated alkanes) is 10. The van der Waals surface area contributed by atoms with E-state index in [2.05, 4.69) is 23.6 Å². The summed E-state index contributed by atoms with van der Waals surface area (Å²) in [6.45, 7) is 3.60. The first-order chi connectivity index (χ1) is 13.1. The van der Waals surface area contributed by atoms with Crippen molar-refractivity contribution in [2.45, 2.75) is 110 Å². The monoisotopic (exact) mass is 388 g/mol. The van der Waals surface area contributed by atoms with E-state index in [9.17, 15) is 9.59 Å². The number of carbonyl (C=O) groups is 2. The van der Waals surface area contributed by atoms with Gasteiger partial charge < -0.3 is 10.2 Å². The maximum absolute atomic E-state index is 12.2. The van der Waals surface area contributed by atoms with Gasteiger partial charge in [-0.15, -0.1) is 0 Å². The maximum Gasteiger partial charge on any atom is 0.386 e. The van der Waals surface area contributed by atoms with Gasteiger partial charge in [-0.05, 0) is 12.8 Å². The lowest BCUT2D eigenvalue weighted by Gasteiger charge is -2.15. The molecule has 0 aliphatic carbocycles. The number of aliphatic hydroxyl groups excluding tert-OH is 2. The van der Waals surface area contributed by atoms with E-state index in [0.29, 0.717) is 0 Å². The van der Waals surface area contributed by atoms with Gasteiger partial charge in [-0.1, -0.05) is 90.9 Å². The largest absolute Gasteiger partial charge is 0.393 e. The van der Waals surface area contributed by atoms with E-state index in [-0.39, 0.29) is 5.92 Å². The first kappa shape index (κ1) is 25.9. The summed E-state index contributed by atoms with van der Waals surface area (Å²) in [5.74, 6) is -2.00. The average Bonchev–Trinajstić information content (AvgIpc) is 2.68. The van der Waals surface area contributed by atoms with Crippen molar-refractivity contribution in [3.8, 4) is 0 Å².